The normalized spacial score (nSPS) is 11.7. The third-order valence-corrected chi connectivity index (χ3v) is 2.83. The molecule has 21 heavy (non-hydrogen) atoms. The van der Waals surface area contributed by atoms with Gasteiger partial charge in [-0.25, -0.2) is 14.5 Å². The summed E-state index contributed by atoms with van der Waals surface area (Å²) in [5.41, 5.74) is 6.80. The predicted octanol–water partition coefficient (Wildman–Crippen LogP) is 0.847. The fraction of sp³-hybridized carbons (Fsp3) is 0.231. The zero-order valence-electron chi connectivity index (χ0n) is 11.6. The van der Waals surface area contributed by atoms with Crippen molar-refractivity contribution in [3.8, 4) is 0 Å². The summed E-state index contributed by atoms with van der Waals surface area (Å²) in [4.78, 5) is 27.2. The number of aromatic nitrogens is 3. The highest BCUT2D eigenvalue weighted by Gasteiger charge is 2.19. The predicted molar refractivity (Wildman–Crippen MR) is 75.6 cm³/mol. The van der Waals surface area contributed by atoms with E-state index in [0.717, 1.165) is 0 Å². The molecule has 3 N–H and O–H groups in total. The number of rotatable bonds is 4. The van der Waals surface area contributed by atoms with Gasteiger partial charge in [0.25, 0.3) is 5.82 Å². The highest BCUT2D eigenvalue weighted by atomic mass is 16.5. The summed E-state index contributed by atoms with van der Waals surface area (Å²) in [5.74, 6) is -1.04. The second-order valence-electron chi connectivity index (χ2n) is 4.33. The van der Waals surface area contributed by atoms with Gasteiger partial charge in [-0.05, 0) is 31.2 Å². The van der Waals surface area contributed by atoms with Crippen molar-refractivity contribution >= 4 is 23.3 Å². The SMILES string of the molecule is COC(=O)c1ncn(C(C)C(=O)Nc2ccc(N)cc2)n1. The molecule has 110 valence electrons. The Morgan fingerprint density at radius 1 is 1.33 bits per heavy atom. The molecule has 0 saturated heterocycles. The van der Waals surface area contributed by atoms with Crippen molar-refractivity contribution in [1.29, 1.82) is 0 Å². The third-order valence-electron chi connectivity index (χ3n) is 2.83. The van der Waals surface area contributed by atoms with Crippen molar-refractivity contribution in [2.24, 2.45) is 0 Å². The summed E-state index contributed by atoms with van der Waals surface area (Å²) in [6.07, 6.45) is 1.31. The molecule has 0 saturated carbocycles. The molecule has 2 rings (SSSR count). The van der Waals surface area contributed by atoms with Gasteiger partial charge in [0.15, 0.2) is 0 Å². The molecule has 1 heterocycles. The number of carbonyl (C=O) groups excluding carboxylic acids is 2. The van der Waals surface area contributed by atoms with Crippen molar-refractivity contribution in [1.82, 2.24) is 14.8 Å². The third kappa shape index (κ3) is 3.35. The molecule has 1 unspecified atom stereocenters. The minimum Gasteiger partial charge on any atom is -0.463 e. The minimum absolute atomic E-state index is 0.0929. The van der Waals surface area contributed by atoms with Crippen LogP contribution in [0.1, 0.15) is 23.6 Å². The second kappa shape index (κ2) is 6.04. The summed E-state index contributed by atoms with van der Waals surface area (Å²) in [5, 5.41) is 6.63. The van der Waals surface area contributed by atoms with Crippen molar-refractivity contribution in [2.45, 2.75) is 13.0 Å². The molecule has 1 amide bonds. The molecule has 1 aromatic heterocycles. The Labute approximate surface area is 120 Å². The van der Waals surface area contributed by atoms with E-state index in [2.05, 4.69) is 20.1 Å². The molecule has 1 atom stereocenters. The molecular weight excluding hydrogens is 274 g/mol. The van der Waals surface area contributed by atoms with Crippen LogP contribution >= 0.6 is 0 Å². The molecule has 0 fully saturated rings. The van der Waals surface area contributed by atoms with E-state index in [9.17, 15) is 9.59 Å². The van der Waals surface area contributed by atoms with Crippen molar-refractivity contribution in [3.05, 3.63) is 36.4 Å². The quantitative estimate of drug-likeness (QED) is 0.637. The van der Waals surface area contributed by atoms with Crippen LogP contribution in [0, 0.1) is 0 Å². The lowest BCUT2D eigenvalue weighted by Crippen LogP contribution is -2.24. The van der Waals surface area contributed by atoms with Crippen LogP contribution in [0.15, 0.2) is 30.6 Å². The fourth-order valence-corrected chi connectivity index (χ4v) is 1.58. The molecule has 0 aliphatic heterocycles. The van der Waals surface area contributed by atoms with Gasteiger partial charge in [-0.1, -0.05) is 0 Å². The van der Waals surface area contributed by atoms with Crippen LogP contribution in [0.5, 0.6) is 0 Å². The number of methoxy groups -OCH3 is 1. The van der Waals surface area contributed by atoms with E-state index in [1.165, 1.54) is 18.1 Å². The first-order valence-corrected chi connectivity index (χ1v) is 6.17. The number of nitrogen functional groups attached to an aromatic ring is 1. The number of nitrogens with one attached hydrogen (secondary N) is 1. The van der Waals surface area contributed by atoms with E-state index in [1.807, 2.05) is 0 Å². The number of amides is 1. The van der Waals surface area contributed by atoms with Crippen LogP contribution < -0.4 is 11.1 Å². The summed E-state index contributed by atoms with van der Waals surface area (Å²) in [7, 11) is 1.24. The molecule has 0 spiro atoms. The van der Waals surface area contributed by atoms with Gasteiger partial charge in [0.05, 0.1) is 7.11 Å². The Kier molecular flexibility index (Phi) is 4.17. The molecule has 0 bridgehead atoms. The topological polar surface area (TPSA) is 112 Å². The first-order valence-electron chi connectivity index (χ1n) is 6.17. The maximum Gasteiger partial charge on any atom is 0.377 e. The maximum absolute atomic E-state index is 12.1. The summed E-state index contributed by atoms with van der Waals surface area (Å²) >= 11 is 0. The van der Waals surface area contributed by atoms with Crippen LogP contribution in [0.3, 0.4) is 0 Å². The highest BCUT2D eigenvalue weighted by Crippen LogP contribution is 2.13. The second-order valence-corrected chi connectivity index (χ2v) is 4.33. The van der Waals surface area contributed by atoms with Crippen molar-refractivity contribution in [3.63, 3.8) is 0 Å². The number of nitrogens with zero attached hydrogens (tertiary/aromatic N) is 3. The number of benzene rings is 1. The lowest BCUT2D eigenvalue weighted by molar-refractivity contribution is -0.119. The van der Waals surface area contributed by atoms with Crippen LogP contribution in [-0.2, 0) is 9.53 Å². The van der Waals surface area contributed by atoms with Gasteiger partial charge in [-0.3, -0.25) is 4.79 Å². The molecule has 8 nitrogen and oxygen atoms in total. The van der Waals surface area contributed by atoms with Crippen molar-refractivity contribution in [2.75, 3.05) is 18.2 Å². The maximum atomic E-state index is 12.1. The number of ether oxygens (including phenoxy) is 1. The van der Waals surface area contributed by atoms with Gasteiger partial charge in [0, 0.05) is 11.4 Å². The van der Waals surface area contributed by atoms with Crippen molar-refractivity contribution < 1.29 is 14.3 Å². The van der Waals surface area contributed by atoms with E-state index in [-0.39, 0.29) is 11.7 Å². The number of hydrogen-bond donors (Lipinski definition) is 2. The summed E-state index contributed by atoms with van der Waals surface area (Å²) < 4.78 is 5.80. The number of esters is 1. The van der Waals surface area contributed by atoms with Gasteiger partial charge in [-0.2, -0.15) is 0 Å². The van der Waals surface area contributed by atoms with E-state index >= 15 is 0 Å². The Hall–Kier alpha value is -2.90. The van der Waals surface area contributed by atoms with E-state index < -0.39 is 12.0 Å². The molecular formula is C13H15N5O3. The average molecular weight is 289 g/mol. The molecule has 2 aromatic rings. The molecule has 1 aromatic carbocycles. The van der Waals surface area contributed by atoms with Crippen LogP contribution in [-0.4, -0.2) is 33.8 Å². The molecule has 8 heteroatoms. The Bertz CT molecular complexity index is 650. The van der Waals surface area contributed by atoms with Gasteiger partial charge in [0.1, 0.15) is 12.4 Å². The Balaban J connectivity index is 2.06. The number of hydrogen-bond acceptors (Lipinski definition) is 6. The average Bonchev–Trinajstić information content (AvgIpc) is 2.97. The van der Waals surface area contributed by atoms with Gasteiger partial charge in [-0.15, -0.1) is 5.10 Å². The van der Waals surface area contributed by atoms with Crippen LogP contribution in [0.2, 0.25) is 0 Å². The zero-order valence-corrected chi connectivity index (χ0v) is 11.6. The van der Waals surface area contributed by atoms with E-state index in [1.54, 1.807) is 31.2 Å². The van der Waals surface area contributed by atoms with Crippen LogP contribution in [0.4, 0.5) is 11.4 Å². The van der Waals surface area contributed by atoms with E-state index in [0.29, 0.717) is 11.4 Å². The first-order chi connectivity index (χ1) is 10.0. The smallest absolute Gasteiger partial charge is 0.377 e. The monoisotopic (exact) mass is 289 g/mol. The van der Waals surface area contributed by atoms with Crippen LogP contribution in [0.25, 0.3) is 0 Å². The Morgan fingerprint density at radius 3 is 2.62 bits per heavy atom. The lowest BCUT2D eigenvalue weighted by atomic mass is 10.2. The van der Waals surface area contributed by atoms with Gasteiger partial charge >= 0.3 is 5.97 Å². The summed E-state index contributed by atoms with van der Waals surface area (Å²) in [6.45, 7) is 1.64. The number of anilines is 2. The standard InChI is InChI=1S/C13H15N5O3/c1-8(18-7-15-11(17-18)13(20)21-2)12(19)16-10-5-3-9(14)4-6-10/h3-8H,14H2,1-2H3,(H,16,19). The molecule has 0 aliphatic rings. The largest absolute Gasteiger partial charge is 0.463 e. The van der Waals surface area contributed by atoms with Gasteiger partial charge in [0.2, 0.25) is 5.91 Å². The number of nitrogens with two attached hydrogens (primary N) is 1. The molecule has 0 aliphatic carbocycles. The lowest BCUT2D eigenvalue weighted by Gasteiger charge is -2.12. The fourth-order valence-electron chi connectivity index (χ4n) is 1.58. The summed E-state index contributed by atoms with van der Waals surface area (Å²) in [6, 6.07) is 6.13. The number of carbonyl (C=O) groups is 2. The zero-order chi connectivity index (χ0) is 15.4. The highest BCUT2D eigenvalue weighted by molar-refractivity contribution is 5.93. The Morgan fingerprint density at radius 2 is 2.00 bits per heavy atom. The minimum atomic E-state index is -0.653. The van der Waals surface area contributed by atoms with Gasteiger partial charge < -0.3 is 15.8 Å². The van der Waals surface area contributed by atoms with E-state index in [4.69, 9.17) is 5.73 Å². The molecule has 0 radical (unpaired) electrons. The first kappa shape index (κ1) is 14.5.